The summed E-state index contributed by atoms with van der Waals surface area (Å²) in [5.74, 6) is 0.00296. The molecule has 0 aliphatic heterocycles. The fraction of sp³-hybridized carbons (Fsp3) is 0.438. The van der Waals surface area contributed by atoms with Gasteiger partial charge >= 0.3 is 0 Å². The van der Waals surface area contributed by atoms with Gasteiger partial charge in [-0.2, -0.15) is 0 Å². The lowest BCUT2D eigenvalue weighted by Crippen LogP contribution is -2.31. The Kier molecular flexibility index (Phi) is 5.86. The molecule has 0 aliphatic rings. The van der Waals surface area contributed by atoms with Crippen molar-refractivity contribution in [1.29, 1.82) is 0 Å². The van der Waals surface area contributed by atoms with E-state index < -0.39 is 0 Å². The molecule has 0 saturated carbocycles. The first-order valence-electron chi connectivity index (χ1n) is 7.43. The van der Waals surface area contributed by atoms with E-state index >= 15 is 0 Å². The lowest BCUT2D eigenvalue weighted by molar-refractivity contribution is -0.127. The minimum absolute atomic E-state index is 0.00296. The first-order chi connectivity index (χ1) is 10.8. The Morgan fingerprint density at radius 1 is 1.43 bits per heavy atom. The summed E-state index contributed by atoms with van der Waals surface area (Å²) in [7, 11) is 3.45. The van der Waals surface area contributed by atoms with Crippen molar-refractivity contribution in [2.24, 2.45) is 0 Å². The standard InChI is InChI=1S/C16H20BrN3O2S/c1-5-8-20-15(22)12-9-11(17)6-7-13(12)18-16(20)23-10(2)14(21)19(3)4/h6-7,9-10H,5,8H2,1-4H3/t10-/m1/s1. The predicted octanol–water partition coefficient (Wildman–Crippen LogP) is 3.14. The number of hydrogen-bond donors (Lipinski definition) is 0. The monoisotopic (exact) mass is 397 g/mol. The van der Waals surface area contributed by atoms with Crippen molar-refractivity contribution in [2.45, 2.75) is 37.2 Å². The zero-order chi connectivity index (χ0) is 17.1. The van der Waals surface area contributed by atoms with Crippen molar-refractivity contribution in [3.63, 3.8) is 0 Å². The highest BCUT2D eigenvalue weighted by atomic mass is 79.9. The van der Waals surface area contributed by atoms with Gasteiger partial charge in [-0.1, -0.05) is 34.6 Å². The molecule has 23 heavy (non-hydrogen) atoms. The van der Waals surface area contributed by atoms with Gasteiger partial charge in [-0.25, -0.2) is 4.98 Å². The summed E-state index contributed by atoms with van der Waals surface area (Å²) in [6, 6.07) is 5.47. The number of carbonyl (C=O) groups excluding carboxylic acids is 1. The number of fused-ring (bicyclic) bond motifs is 1. The van der Waals surface area contributed by atoms with Crippen LogP contribution in [0.5, 0.6) is 0 Å². The van der Waals surface area contributed by atoms with Crippen LogP contribution in [0.1, 0.15) is 20.3 Å². The molecule has 5 nitrogen and oxygen atoms in total. The van der Waals surface area contributed by atoms with E-state index in [1.807, 2.05) is 26.0 Å². The summed E-state index contributed by atoms with van der Waals surface area (Å²) in [4.78, 5) is 31.0. The average Bonchev–Trinajstić information content (AvgIpc) is 2.51. The number of rotatable bonds is 5. The molecular formula is C16H20BrN3O2S. The van der Waals surface area contributed by atoms with E-state index in [1.54, 1.807) is 29.6 Å². The van der Waals surface area contributed by atoms with Gasteiger partial charge in [-0.15, -0.1) is 0 Å². The maximum Gasteiger partial charge on any atom is 0.262 e. The van der Waals surface area contributed by atoms with Gasteiger partial charge in [0.1, 0.15) is 0 Å². The molecule has 0 aliphatic carbocycles. The first kappa shape index (κ1) is 18.0. The number of thioether (sulfide) groups is 1. The van der Waals surface area contributed by atoms with Crippen molar-refractivity contribution < 1.29 is 4.79 Å². The highest BCUT2D eigenvalue weighted by Crippen LogP contribution is 2.24. The quantitative estimate of drug-likeness (QED) is 0.574. The molecule has 0 saturated heterocycles. The van der Waals surface area contributed by atoms with Gasteiger partial charge in [0.15, 0.2) is 5.16 Å². The average molecular weight is 398 g/mol. The van der Waals surface area contributed by atoms with Crippen LogP contribution < -0.4 is 5.56 Å². The number of aromatic nitrogens is 2. The second-order valence-electron chi connectivity index (χ2n) is 5.51. The molecule has 1 heterocycles. The van der Waals surface area contributed by atoms with Gasteiger partial charge in [-0.3, -0.25) is 14.2 Å². The van der Waals surface area contributed by atoms with E-state index in [-0.39, 0.29) is 16.7 Å². The maximum absolute atomic E-state index is 12.8. The van der Waals surface area contributed by atoms with Crippen LogP contribution in [0, 0.1) is 0 Å². The normalized spacial score (nSPS) is 12.4. The summed E-state index contributed by atoms with van der Waals surface area (Å²) in [6.07, 6.45) is 0.824. The van der Waals surface area contributed by atoms with Crippen LogP contribution in [-0.4, -0.2) is 39.7 Å². The molecule has 124 valence electrons. The molecule has 0 bridgehead atoms. The van der Waals surface area contributed by atoms with E-state index in [2.05, 4.69) is 20.9 Å². The van der Waals surface area contributed by atoms with Gasteiger partial charge in [0.05, 0.1) is 16.2 Å². The SMILES string of the molecule is CCCn1c(S[C@H](C)C(=O)N(C)C)nc2ccc(Br)cc2c1=O. The van der Waals surface area contributed by atoms with Gasteiger partial charge in [0.2, 0.25) is 5.91 Å². The maximum atomic E-state index is 12.8. The van der Waals surface area contributed by atoms with Crippen LogP contribution in [0.2, 0.25) is 0 Å². The fourth-order valence-electron chi connectivity index (χ4n) is 2.26. The Morgan fingerprint density at radius 3 is 2.74 bits per heavy atom. The summed E-state index contributed by atoms with van der Waals surface area (Å²) in [5.41, 5.74) is 0.586. The Bertz CT molecular complexity index is 789. The molecule has 0 spiro atoms. The molecule has 1 aromatic heterocycles. The largest absolute Gasteiger partial charge is 0.348 e. The zero-order valence-electron chi connectivity index (χ0n) is 13.7. The topological polar surface area (TPSA) is 55.2 Å². The zero-order valence-corrected chi connectivity index (χ0v) is 16.1. The Hall–Kier alpha value is -1.34. The third-order valence-electron chi connectivity index (χ3n) is 3.40. The van der Waals surface area contributed by atoms with Crippen LogP contribution in [0.4, 0.5) is 0 Å². The van der Waals surface area contributed by atoms with Gasteiger partial charge in [-0.05, 0) is 31.5 Å². The minimum atomic E-state index is -0.298. The number of hydrogen-bond acceptors (Lipinski definition) is 4. The fourth-order valence-corrected chi connectivity index (χ4v) is 3.70. The first-order valence-corrected chi connectivity index (χ1v) is 9.10. The third-order valence-corrected chi connectivity index (χ3v) is 4.97. The molecule has 7 heteroatoms. The lowest BCUT2D eigenvalue weighted by atomic mass is 10.2. The van der Waals surface area contributed by atoms with Gasteiger partial charge in [0, 0.05) is 25.1 Å². The van der Waals surface area contributed by atoms with E-state index in [4.69, 9.17) is 0 Å². The highest BCUT2D eigenvalue weighted by molar-refractivity contribution is 9.10. The lowest BCUT2D eigenvalue weighted by Gasteiger charge is -2.18. The molecule has 2 aromatic rings. The molecule has 2 rings (SSSR count). The Balaban J connectivity index is 2.53. The molecule has 1 aromatic carbocycles. The molecule has 1 atom stereocenters. The van der Waals surface area contributed by atoms with Crippen molar-refractivity contribution in [2.75, 3.05) is 14.1 Å². The van der Waals surface area contributed by atoms with Crippen molar-refractivity contribution in [1.82, 2.24) is 14.5 Å². The summed E-state index contributed by atoms with van der Waals surface area (Å²) in [5, 5.41) is 0.881. The van der Waals surface area contributed by atoms with Gasteiger partial charge in [0.25, 0.3) is 5.56 Å². The van der Waals surface area contributed by atoms with Gasteiger partial charge < -0.3 is 4.90 Å². The van der Waals surface area contributed by atoms with Crippen molar-refractivity contribution >= 4 is 44.5 Å². The molecule has 0 N–H and O–H groups in total. The number of halogens is 1. The molecule has 0 unspecified atom stereocenters. The van der Waals surface area contributed by atoms with E-state index in [0.717, 1.165) is 10.9 Å². The minimum Gasteiger partial charge on any atom is -0.348 e. The molecular weight excluding hydrogens is 378 g/mol. The van der Waals surface area contributed by atoms with Crippen LogP contribution in [0.3, 0.4) is 0 Å². The number of amides is 1. The second kappa shape index (κ2) is 7.49. The third kappa shape index (κ3) is 3.95. The highest BCUT2D eigenvalue weighted by Gasteiger charge is 2.20. The second-order valence-corrected chi connectivity index (χ2v) is 7.73. The van der Waals surface area contributed by atoms with Crippen LogP contribution in [-0.2, 0) is 11.3 Å². The summed E-state index contributed by atoms with van der Waals surface area (Å²) < 4.78 is 2.52. The predicted molar refractivity (Wildman–Crippen MR) is 98.0 cm³/mol. The Labute approximate surface area is 148 Å². The number of nitrogens with zero attached hydrogens (tertiary/aromatic N) is 3. The number of carbonyl (C=O) groups is 1. The van der Waals surface area contributed by atoms with Crippen molar-refractivity contribution in [3.05, 3.63) is 33.0 Å². The summed E-state index contributed by atoms with van der Waals surface area (Å²) in [6.45, 7) is 4.43. The van der Waals surface area contributed by atoms with E-state index in [1.165, 1.54) is 11.8 Å². The molecule has 1 amide bonds. The van der Waals surface area contributed by atoms with E-state index in [0.29, 0.717) is 22.6 Å². The van der Waals surface area contributed by atoms with Crippen LogP contribution in [0.15, 0.2) is 32.6 Å². The molecule has 0 fully saturated rings. The Morgan fingerprint density at radius 2 is 2.13 bits per heavy atom. The van der Waals surface area contributed by atoms with E-state index in [9.17, 15) is 9.59 Å². The van der Waals surface area contributed by atoms with Crippen LogP contribution in [0.25, 0.3) is 10.9 Å². The smallest absolute Gasteiger partial charge is 0.262 e. The molecule has 0 radical (unpaired) electrons. The number of benzene rings is 1. The van der Waals surface area contributed by atoms with Crippen LogP contribution >= 0.6 is 27.7 Å². The summed E-state index contributed by atoms with van der Waals surface area (Å²) >= 11 is 4.72. The van der Waals surface area contributed by atoms with Crippen molar-refractivity contribution in [3.8, 4) is 0 Å².